The topological polar surface area (TPSA) is 56.3 Å². The Hall–Kier alpha value is -4.38. The van der Waals surface area contributed by atoms with Crippen molar-refractivity contribution in [1.82, 2.24) is 9.88 Å². The van der Waals surface area contributed by atoms with Crippen molar-refractivity contribution >= 4 is 11.6 Å². The molecule has 0 saturated heterocycles. The summed E-state index contributed by atoms with van der Waals surface area (Å²) < 4.78 is 41.8. The minimum Gasteiger partial charge on any atom is -0.383 e. The van der Waals surface area contributed by atoms with Gasteiger partial charge in [0, 0.05) is 29.8 Å². The molecule has 7 heteroatoms. The van der Waals surface area contributed by atoms with Gasteiger partial charge in [-0.3, -0.25) is 4.79 Å². The van der Waals surface area contributed by atoms with Gasteiger partial charge in [0.25, 0.3) is 5.56 Å². The Morgan fingerprint density at radius 2 is 1.66 bits per heavy atom. The fourth-order valence-electron chi connectivity index (χ4n) is 5.37. The van der Waals surface area contributed by atoms with Gasteiger partial charge in [-0.15, -0.1) is 0 Å². The molecule has 2 unspecified atom stereocenters. The summed E-state index contributed by atoms with van der Waals surface area (Å²) in [5.74, 6) is -1.17. The minimum atomic E-state index is -4.61. The number of fused-ring (bicyclic) bond motifs is 1. The molecule has 41 heavy (non-hydrogen) atoms. The van der Waals surface area contributed by atoms with Crippen LogP contribution in [0.4, 0.5) is 13.2 Å². The van der Waals surface area contributed by atoms with Crippen LogP contribution in [0.2, 0.25) is 0 Å². The number of aromatic nitrogens is 1. The molecular weight excluding hydrogens is 525 g/mol. The molecule has 4 nitrogen and oxygen atoms in total. The van der Waals surface area contributed by atoms with E-state index in [1.54, 1.807) is 18.3 Å². The van der Waals surface area contributed by atoms with Crippen LogP contribution in [-0.4, -0.2) is 41.2 Å². The standard InChI is InChI=1S/C34H29F3N2O2/c1-39(2)19-18-33(41,30-17-9-13-24-12-6-7-16-28(24)30)31(25-14-8-15-27(20-25)34(35,36)37)29-21-26(22-38-32(29)40)23-10-4-3-5-11-23/h3-8,10-16,20-22,31,41H,18-19H2,1-2H3,(H,38,40). The lowest BCUT2D eigenvalue weighted by molar-refractivity contribution is -0.137. The summed E-state index contributed by atoms with van der Waals surface area (Å²) in [7, 11) is 3.70. The number of nitrogens with one attached hydrogen (secondary N) is 1. The highest BCUT2D eigenvalue weighted by Crippen LogP contribution is 2.47. The van der Waals surface area contributed by atoms with Crippen molar-refractivity contribution in [3.63, 3.8) is 0 Å². The van der Waals surface area contributed by atoms with E-state index in [2.05, 4.69) is 16.4 Å². The summed E-state index contributed by atoms with van der Waals surface area (Å²) >= 11 is 0. The van der Waals surface area contributed by atoms with Gasteiger partial charge in [-0.05, 0) is 66.5 Å². The van der Waals surface area contributed by atoms with Crippen molar-refractivity contribution in [3.05, 3.63) is 141 Å². The predicted octanol–water partition coefficient (Wildman–Crippen LogP) is 6.74. The first-order valence-corrected chi connectivity index (χ1v) is 13.2. The van der Waals surface area contributed by atoms with Crippen LogP contribution in [0.1, 0.15) is 40.2 Å². The second kappa shape index (κ2) is 11.2. The molecule has 4 aromatic rings. The SMILES string of the molecule is CN(C)CCC(O)(C1=C=C=Cc2ccccc21)C(c1cccc(C(F)(F)F)c1)c1cc(-c2ccccc2)c[nH]c1=O. The zero-order chi connectivity index (χ0) is 29.2. The number of hydrogen-bond acceptors (Lipinski definition) is 3. The summed E-state index contributed by atoms with van der Waals surface area (Å²) in [6, 6.07) is 23.3. The van der Waals surface area contributed by atoms with Crippen LogP contribution in [0.25, 0.3) is 22.8 Å². The van der Waals surface area contributed by atoms with Gasteiger partial charge < -0.3 is 15.0 Å². The van der Waals surface area contributed by atoms with Crippen LogP contribution in [0.15, 0.2) is 107 Å². The summed E-state index contributed by atoms with van der Waals surface area (Å²) in [6.45, 7) is 0.388. The molecule has 0 amide bonds. The molecule has 0 radical (unpaired) electrons. The van der Waals surface area contributed by atoms with Gasteiger partial charge in [-0.2, -0.15) is 13.2 Å². The first-order valence-electron chi connectivity index (χ1n) is 13.2. The van der Waals surface area contributed by atoms with Crippen molar-refractivity contribution in [2.75, 3.05) is 20.6 Å². The Morgan fingerprint density at radius 3 is 2.39 bits per heavy atom. The Balaban J connectivity index is 1.82. The molecule has 1 aliphatic carbocycles. The normalized spacial score (nSPS) is 14.9. The number of pyridine rings is 1. The van der Waals surface area contributed by atoms with E-state index in [0.717, 1.165) is 23.3 Å². The van der Waals surface area contributed by atoms with E-state index in [1.807, 2.05) is 73.6 Å². The number of aromatic amines is 1. The van der Waals surface area contributed by atoms with Crippen molar-refractivity contribution in [1.29, 1.82) is 0 Å². The van der Waals surface area contributed by atoms with Crippen LogP contribution >= 0.6 is 0 Å². The van der Waals surface area contributed by atoms with E-state index in [9.17, 15) is 23.1 Å². The first-order chi connectivity index (χ1) is 19.6. The molecule has 0 fully saturated rings. The van der Waals surface area contributed by atoms with E-state index in [0.29, 0.717) is 23.2 Å². The van der Waals surface area contributed by atoms with E-state index in [-0.39, 0.29) is 17.5 Å². The second-order valence-corrected chi connectivity index (χ2v) is 10.4. The van der Waals surface area contributed by atoms with E-state index >= 15 is 0 Å². The Labute approximate surface area is 236 Å². The molecule has 1 aliphatic rings. The third-order valence-electron chi connectivity index (χ3n) is 7.40. The Bertz CT molecular complexity index is 1730. The fourth-order valence-corrected chi connectivity index (χ4v) is 5.37. The zero-order valence-corrected chi connectivity index (χ0v) is 22.7. The van der Waals surface area contributed by atoms with Crippen LogP contribution in [-0.2, 0) is 6.18 Å². The number of aliphatic hydroxyl groups is 1. The Kier molecular flexibility index (Phi) is 7.72. The average molecular weight is 555 g/mol. The third kappa shape index (κ3) is 5.76. The highest BCUT2D eigenvalue weighted by molar-refractivity contribution is 5.82. The molecule has 1 aromatic heterocycles. The number of rotatable bonds is 8. The highest BCUT2D eigenvalue weighted by atomic mass is 19.4. The van der Waals surface area contributed by atoms with Crippen molar-refractivity contribution in [3.8, 4) is 11.1 Å². The molecule has 0 saturated carbocycles. The van der Waals surface area contributed by atoms with Gasteiger partial charge >= 0.3 is 6.18 Å². The largest absolute Gasteiger partial charge is 0.416 e. The Morgan fingerprint density at radius 1 is 0.927 bits per heavy atom. The summed E-state index contributed by atoms with van der Waals surface area (Å²) in [6.07, 6.45) is -1.19. The minimum absolute atomic E-state index is 0.105. The zero-order valence-electron chi connectivity index (χ0n) is 22.7. The lowest BCUT2D eigenvalue weighted by Gasteiger charge is -2.39. The summed E-state index contributed by atoms with van der Waals surface area (Å²) in [5, 5.41) is 12.9. The number of benzene rings is 3. The van der Waals surface area contributed by atoms with Crippen molar-refractivity contribution in [2.45, 2.75) is 24.1 Å². The van der Waals surface area contributed by atoms with Crippen molar-refractivity contribution in [2.24, 2.45) is 0 Å². The molecule has 5 rings (SSSR count). The highest BCUT2D eigenvalue weighted by Gasteiger charge is 2.45. The molecule has 1 heterocycles. The number of H-pyrrole nitrogens is 1. The monoisotopic (exact) mass is 554 g/mol. The third-order valence-corrected chi connectivity index (χ3v) is 7.40. The second-order valence-electron chi connectivity index (χ2n) is 10.4. The number of alkyl halides is 3. The van der Waals surface area contributed by atoms with Crippen LogP contribution in [0.3, 0.4) is 0 Å². The molecular formula is C34H29F3N2O2. The number of halogens is 3. The number of nitrogens with zero attached hydrogens (tertiary/aromatic N) is 1. The molecule has 208 valence electrons. The van der Waals surface area contributed by atoms with Gasteiger partial charge in [0.05, 0.1) is 5.56 Å². The quantitative estimate of drug-likeness (QED) is 0.237. The van der Waals surface area contributed by atoms with Crippen LogP contribution < -0.4 is 5.56 Å². The van der Waals surface area contributed by atoms with E-state index < -0.39 is 28.8 Å². The maximum Gasteiger partial charge on any atom is 0.416 e. The van der Waals surface area contributed by atoms with Gasteiger partial charge in [0.15, 0.2) is 0 Å². The first kappa shape index (κ1) is 28.2. The van der Waals surface area contributed by atoms with Crippen LogP contribution in [0, 0.1) is 0 Å². The summed E-state index contributed by atoms with van der Waals surface area (Å²) in [4.78, 5) is 18.2. The fraction of sp³-hybridized carbons (Fsp3) is 0.206. The van der Waals surface area contributed by atoms with Gasteiger partial charge in [-0.25, -0.2) is 0 Å². The molecule has 0 bridgehead atoms. The van der Waals surface area contributed by atoms with Crippen LogP contribution in [0.5, 0.6) is 0 Å². The molecule has 3 aromatic carbocycles. The predicted molar refractivity (Wildman–Crippen MR) is 155 cm³/mol. The van der Waals surface area contributed by atoms with Crippen molar-refractivity contribution < 1.29 is 18.3 Å². The van der Waals surface area contributed by atoms with E-state index in [1.165, 1.54) is 12.1 Å². The lowest BCUT2D eigenvalue weighted by atomic mass is 9.69. The number of hydrogen-bond donors (Lipinski definition) is 2. The smallest absolute Gasteiger partial charge is 0.383 e. The molecule has 0 spiro atoms. The van der Waals surface area contributed by atoms with Gasteiger partial charge in [0.2, 0.25) is 0 Å². The summed E-state index contributed by atoms with van der Waals surface area (Å²) in [5.41, 5.74) is 6.48. The molecule has 2 atom stereocenters. The van der Waals surface area contributed by atoms with Gasteiger partial charge in [0.1, 0.15) is 5.60 Å². The van der Waals surface area contributed by atoms with Gasteiger partial charge in [-0.1, -0.05) is 84.3 Å². The average Bonchev–Trinajstić information content (AvgIpc) is 2.97. The molecule has 2 N–H and O–H groups in total. The maximum absolute atomic E-state index is 13.9. The molecule has 0 aliphatic heterocycles. The van der Waals surface area contributed by atoms with E-state index in [4.69, 9.17) is 0 Å². The maximum atomic E-state index is 13.9. The lowest BCUT2D eigenvalue weighted by Crippen LogP contribution is -2.43.